The summed E-state index contributed by atoms with van der Waals surface area (Å²) < 4.78 is 0. The van der Waals surface area contributed by atoms with Gasteiger partial charge in [0, 0.05) is 0 Å². The van der Waals surface area contributed by atoms with Gasteiger partial charge in [-0.25, -0.2) is 0 Å². The summed E-state index contributed by atoms with van der Waals surface area (Å²) in [5.74, 6) is 0.217. The van der Waals surface area contributed by atoms with E-state index >= 15 is 0 Å². The van der Waals surface area contributed by atoms with Crippen molar-refractivity contribution < 1.29 is 4.79 Å². The highest BCUT2D eigenvalue weighted by Crippen LogP contribution is 2.16. The minimum atomic E-state index is -0.0414. The minimum absolute atomic E-state index is 0.0414. The van der Waals surface area contributed by atoms with E-state index in [1.54, 1.807) is 0 Å². The Labute approximate surface area is 75.3 Å². The summed E-state index contributed by atoms with van der Waals surface area (Å²) in [7, 11) is 0. The Morgan fingerprint density at radius 3 is 2.91 bits per heavy atom. The number of hydrogen-bond donors (Lipinski definition) is 0. The molecule has 0 radical (unpaired) electrons. The summed E-state index contributed by atoms with van der Waals surface area (Å²) in [6.07, 6.45) is 7.83. The number of hydrogen-bond acceptors (Lipinski definition) is 1. The second-order valence-electron chi connectivity index (χ2n) is 2.64. The monoisotopic (exact) mass is 214 g/mol. The first-order chi connectivity index (χ1) is 5.22. The van der Waals surface area contributed by atoms with Crippen molar-refractivity contribution in [1.29, 1.82) is 0 Å². The molecule has 0 aromatic rings. The number of carbonyl (C=O) groups excluding carboxylic acids is 1. The van der Waals surface area contributed by atoms with Crippen molar-refractivity contribution >= 4 is 21.7 Å². The molecule has 1 rings (SSSR count). The van der Waals surface area contributed by atoms with Gasteiger partial charge in [-0.15, -0.1) is 0 Å². The zero-order valence-corrected chi connectivity index (χ0v) is 8.10. The van der Waals surface area contributed by atoms with Crippen LogP contribution in [-0.2, 0) is 4.79 Å². The molecule has 0 saturated carbocycles. The Morgan fingerprint density at radius 2 is 2.45 bits per heavy atom. The van der Waals surface area contributed by atoms with E-state index in [1.807, 2.05) is 19.1 Å². The molecule has 0 aromatic carbocycles. The number of rotatable bonds is 2. The molecule has 0 saturated heterocycles. The first-order valence-corrected chi connectivity index (χ1v) is 4.67. The van der Waals surface area contributed by atoms with Crippen LogP contribution in [0.2, 0.25) is 0 Å². The average molecular weight is 215 g/mol. The quantitative estimate of drug-likeness (QED) is 0.647. The summed E-state index contributed by atoms with van der Waals surface area (Å²) in [5.41, 5.74) is 0.942. The van der Waals surface area contributed by atoms with E-state index in [1.165, 1.54) is 0 Å². The fourth-order valence-electron chi connectivity index (χ4n) is 1.06. The minimum Gasteiger partial charge on any atom is -0.293 e. The summed E-state index contributed by atoms with van der Waals surface area (Å²) in [5, 5.41) is 0. The lowest BCUT2D eigenvalue weighted by Gasteiger charge is -2.08. The highest BCUT2D eigenvalue weighted by atomic mass is 79.9. The van der Waals surface area contributed by atoms with Crippen LogP contribution in [0.3, 0.4) is 0 Å². The lowest BCUT2D eigenvalue weighted by molar-refractivity contribution is -0.114. The molecule has 60 valence electrons. The third-order valence-electron chi connectivity index (χ3n) is 1.69. The van der Waals surface area contributed by atoms with Gasteiger partial charge in [0.25, 0.3) is 0 Å². The predicted molar refractivity (Wildman–Crippen MR) is 49.9 cm³/mol. The molecule has 0 heterocycles. The Kier molecular flexibility index (Phi) is 3.06. The van der Waals surface area contributed by atoms with Crippen molar-refractivity contribution in [3.05, 3.63) is 23.8 Å². The number of halogens is 1. The highest BCUT2D eigenvalue weighted by Gasteiger charge is 2.14. The number of Topliss-reactive ketones (excluding diaryl/α,β-unsaturated/α-hetero) is 1. The second kappa shape index (κ2) is 3.86. The van der Waals surface area contributed by atoms with E-state index < -0.39 is 0 Å². The van der Waals surface area contributed by atoms with Crippen LogP contribution in [0.4, 0.5) is 0 Å². The van der Waals surface area contributed by atoms with E-state index in [4.69, 9.17) is 0 Å². The molecule has 11 heavy (non-hydrogen) atoms. The maximum Gasteiger partial charge on any atom is 0.172 e. The van der Waals surface area contributed by atoms with Crippen molar-refractivity contribution in [2.75, 3.05) is 0 Å². The first-order valence-electron chi connectivity index (χ1n) is 3.76. The molecule has 0 aliphatic heterocycles. The van der Waals surface area contributed by atoms with Crippen molar-refractivity contribution in [1.82, 2.24) is 0 Å². The van der Waals surface area contributed by atoms with Crippen molar-refractivity contribution in [2.24, 2.45) is 0 Å². The van der Waals surface area contributed by atoms with Gasteiger partial charge in [-0.1, -0.05) is 34.2 Å². The molecule has 0 amide bonds. The molecule has 0 fully saturated rings. The van der Waals surface area contributed by atoms with E-state index in [9.17, 15) is 4.79 Å². The number of allylic oxidation sites excluding steroid dienone is 4. The van der Waals surface area contributed by atoms with Crippen molar-refractivity contribution in [3.63, 3.8) is 0 Å². The lowest BCUT2D eigenvalue weighted by Crippen LogP contribution is -2.13. The SMILES string of the molecule is CC(Br)C(=O)C1=CC=CCC1. The fourth-order valence-corrected chi connectivity index (χ4v) is 1.36. The van der Waals surface area contributed by atoms with Crippen molar-refractivity contribution in [2.45, 2.75) is 24.6 Å². The van der Waals surface area contributed by atoms with Gasteiger partial charge in [-0.3, -0.25) is 4.79 Å². The maximum absolute atomic E-state index is 11.3. The van der Waals surface area contributed by atoms with Crippen LogP contribution in [0.15, 0.2) is 23.8 Å². The molecular formula is C9H11BrO. The molecule has 1 atom stereocenters. The molecule has 1 aliphatic carbocycles. The number of alkyl halides is 1. The summed E-state index contributed by atoms with van der Waals surface area (Å²) in [6.45, 7) is 1.86. The Morgan fingerprint density at radius 1 is 1.73 bits per heavy atom. The number of ketones is 1. The van der Waals surface area contributed by atoms with Gasteiger partial charge in [0.2, 0.25) is 0 Å². The summed E-state index contributed by atoms with van der Waals surface area (Å²) >= 11 is 3.26. The van der Waals surface area contributed by atoms with Crippen LogP contribution < -0.4 is 0 Å². The van der Waals surface area contributed by atoms with E-state index in [2.05, 4.69) is 22.0 Å². The largest absolute Gasteiger partial charge is 0.293 e. The predicted octanol–water partition coefficient (Wildman–Crippen LogP) is 2.62. The zero-order chi connectivity index (χ0) is 8.27. The first kappa shape index (κ1) is 8.72. The maximum atomic E-state index is 11.3. The van der Waals surface area contributed by atoms with Gasteiger partial charge >= 0.3 is 0 Å². The van der Waals surface area contributed by atoms with Crippen LogP contribution in [-0.4, -0.2) is 10.6 Å². The second-order valence-corrected chi connectivity index (χ2v) is 4.01. The highest BCUT2D eigenvalue weighted by molar-refractivity contribution is 9.10. The molecule has 2 heteroatoms. The topological polar surface area (TPSA) is 17.1 Å². The zero-order valence-electron chi connectivity index (χ0n) is 6.51. The van der Waals surface area contributed by atoms with Gasteiger partial charge < -0.3 is 0 Å². The van der Waals surface area contributed by atoms with Gasteiger partial charge in [0.1, 0.15) is 0 Å². The number of carbonyl (C=O) groups is 1. The van der Waals surface area contributed by atoms with Crippen LogP contribution in [0, 0.1) is 0 Å². The van der Waals surface area contributed by atoms with Crippen LogP contribution in [0.5, 0.6) is 0 Å². The molecule has 1 aliphatic rings. The van der Waals surface area contributed by atoms with E-state index in [-0.39, 0.29) is 10.6 Å². The average Bonchev–Trinajstić information content (AvgIpc) is 2.05. The third-order valence-corrected chi connectivity index (χ3v) is 2.11. The van der Waals surface area contributed by atoms with E-state index in [0.717, 1.165) is 18.4 Å². The van der Waals surface area contributed by atoms with Crippen LogP contribution in [0.25, 0.3) is 0 Å². The Balaban J connectivity index is 2.66. The van der Waals surface area contributed by atoms with Crippen LogP contribution in [0.1, 0.15) is 19.8 Å². The normalized spacial score (nSPS) is 19.3. The van der Waals surface area contributed by atoms with E-state index in [0.29, 0.717) is 0 Å². The fraction of sp³-hybridized carbons (Fsp3) is 0.444. The Hall–Kier alpha value is -0.370. The van der Waals surface area contributed by atoms with Gasteiger partial charge in [-0.05, 0) is 25.3 Å². The van der Waals surface area contributed by atoms with Gasteiger partial charge in [-0.2, -0.15) is 0 Å². The van der Waals surface area contributed by atoms with Crippen molar-refractivity contribution in [3.8, 4) is 0 Å². The molecule has 0 aromatic heterocycles. The van der Waals surface area contributed by atoms with Crippen LogP contribution >= 0.6 is 15.9 Å². The lowest BCUT2D eigenvalue weighted by atomic mass is 10.00. The summed E-state index contributed by atoms with van der Waals surface area (Å²) in [4.78, 5) is 11.3. The molecule has 0 bridgehead atoms. The Bertz CT molecular complexity index is 214. The van der Waals surface area contributed by atoms with Gasteiger partial charge in [0.15, 0.2) is 5.78 Å². The smallest absolute Gasteiger partial charge is 0.172 e. The molecule has 1 nitrogen and oxygen atoms in total. The third kappa shape index (κ3) is 2.29. The molecule has 1 unspecified atom stereocenters. The molecule has 0 spiro atoms. The summed E-state index contributed by atoms with van der Waals surface area (Å²) in [6, 6.07) is 0. The van der Waals surface area contributed by atoms with Gasteiger partial charge in [0.05, 0.1) is 4.83 Å². The molecule has 0 N–H and O–H groups in total. The molecular weight excluding hydrogens is 204 g/mol. The standard InChI is InChI=1S/C9H11BrO/c1-7(10)9(11)8-5-3-2-4-6-8/h2-3,5,7H,4,6H2,1H3.